The molecule has 3 nitrogen and oxygen atoms in total. The standard InChI is InChI=1S/C15H15BrClNO2/c1-18(10-12-3-2-8-20-12)7-6-15(19)13-5-4-11(16)9-14(13)17/h2-5,8-9H,6-7,10H2,1H3. The van der Waals surface area contributed by atoms with Crippen molar-refractivity contribution >= 4 is 33.3 Å². The van der Waals surface area contributed by atoms with E-state index in [1.54, 1.807) is 18.4 Å². The summed E-state index contributed by atoms with van der Waals surface area (Å²) in [5, 5.41) is 0.484. The highest BCUT2D eigenvalue weighted by Gasteiger charge is 2.12. The van der Waals surface area contributed by atoms with Crippen LogP contribution in [0.4, 0.5) is 0 Å². The maximum Gasteiger partial charge on any atom is 0.165 e. The van der Waals surface area contributed by atoms with Crippen LogP contribution >= 0.6 is 27.5 Å². The SMILES string of the molecule is CN(CCC(=O)c1ccc(Br)cc1Cl)Cc1ccco1. The molecule has 1 aromatic heterocycles. The van der Waals surface area contributed by atoms with Crippen LogP contribution in [0.5, 0.6) is 0 Å². The summed E-state index contributed by atoms with van der Waals surface area (Å²) in [5.74, 6) is 0.940. The number of benzene rings is 1. The van der Waals surface area contributed by atoms with Crippen LogP contribution < -0.4 is 0 Å². The highest BCUT2D eigenvalue weighted by molar-refractivity contribution is 9.10. The first-order valence-electron chi connectivity index (χ1n) is 6.25. The van der Waals surface area contributed by atoms with Gasteiger partial charge in [0.15, 0.2) is 5.78 Å². The van der Waals surface area contributed by atoms with Crippen molar-refractivity contribution in [2.24, 2.45) is 0 Å². The molecule has 1 aromatic carbocycles. The Bertz CT molecular complexity index is 584. The van der Waals surface area contributed by atoms with Gasteiger partial charge in [-0.25, -0.2) is 0 Å². The summed E-state index contributed by atoms with van der Waals surface area (Å²) in [7, 11) is 1.96. The Morgan fingerprint density at radius 2 is 2.20 bits per heavy atom. The Labute approximate surface area is 131 Å². The molecule has 2 aromatic rings. The molecule has 2 rings (SSSR count). The van der Waals surface area contributed by atoms with Crippen molar-refractivity contribution in [3.05, 3.63) is 57.4 Å². The largest absolute Gasteiger partial charge is 0.468 e. The molecule has 0 atom stereocenters. The Kier molecular flexibility index (Phi) is 5.40. The van der Waals surface area contributed by atoms with E-state index in [0.717, 1.165) is 10.2 Å². The minimum absolute atomic E-state index is 0.0498. The maximum absolute atomic E-state index is 12.1. The van der Waals surface area contributed by atoms with Crippen molar-refractivity contribution in [1.29, 1.82) is 0 Å². The number of halogens is 2. The Morgan fingerprint density at radius 3 is 2.85 bits per heavy atom. The molecule has 5 heteroatoms. The van der Waals surface area contributed by atoms with Gasteiger partial charge in [-0.1, -0.05) is 27.5 Å². The van der Waals surface area contributed by atoms with Crippen LogP contribution in [0.3, 0.4) is 0 Å². The molecule has 20 heavy (non-hydrogen) atoms. The van der Waals surface area contributed by atoms with Gasteiger partial charge in [0.05, 0.1) is 17.8 Å². The number of ketones is 1. The molecule has 0 amide bonds. The molecule has 0 saturated carbocycles. The van der Waals surface area contributed by atoms with Crippen LogP contribution in [0, 0.1) is 0 Å². The first kappa shape index (κ1) is 15.3. The third-order valence-electron chi connectivity index (χ3n) is 2.96. The van der Waals surface area contributed by atoms with Crippen molar-refractivity contribution in [2.45, 2.75) is 13.0 Å². The molecule has 1 heterocycles. The van der Waals surface area contributed by atoms with Crippen molar-refractivity contribution in [3.8, 4) is 0 Å². The minimum atomic E-state index is 0.0498. The summed E-state index contributed by atoms with van der Waals surface area (Å²) in [6.45, 7) is 1.35. The third kappa shape index (κ3) is 4.20. The fourth-order valence-corrected chi connectivity index (χ4v) is 2.67. The fraction of sp³-hybridized carbons (Fsp3) is 0.267. The normalized spacial score (nSPS) is 11.0. The van der Waals surface area contributed by atoms with Gasteiger partial charge in [0.2, 0.25) is 0 Å². The van der Waals surface area contributed by atoms with E-state index in [-0.39, 0.29) is 5.78 Å². The van der Waals surface area contributed by atoms with E-state index in [2.05, 4.69) is 15.9 Å². The molecule has 0 aliphatic heterocycles. The fourth-order valence-electron chi connectivity index (χ4n) is 1.89. The van der Waals surface area contributed by atoms with Crippen molar-refractivity contribution < 1.29 is 9.21 Å². The van der Waals surface area contributed by atoms with Gasteiger partial charge < -0.3 is 4.42 Å². The number of Topliss-reactive ketones (excluding diaryl/α,β-unsaturated/α-hetero) is 1. The smallest absolute Gasteiger partial charge is 0.165 e. The molecule has 0 N–H and O–H groups in total. The Morgan fingerprint density at radius 1 is 1.40 bits per heavy atom. The molecule has 0 radical (unpaired) electrons. The number of carbonyl (C=O) groups is 1. The lowest BCUT2D eigenvalue weighted by molar-refractivity contribution is 0.0966. The molecular formula is C15H15BrClNO2. The van der Waals surface area contributed by atoms with Crippen LogP contribution in [-0.2, 0) is 6.54 Å². The zero-order chi connectivity index (χ0) is 14.5. The van der Waals surface area contributed by atoms with E-state index in [0.29, 0.717) is 30.1 Å². The molecule has 0 bridgehead atoms. The van der Waals surface area contributed by atoms with Gasteiger partial charge in [0.1, 0.15) is 5.76 Å². The number of hydrogen-bond acceptors (Lipinski definition) is 3. The highest BCUT2D eigenvalue weighted by Crippen LogP contribution is 2.22. The van der Waals surface area contributed by atoms with Crippen molar-refractivity contribution in [2.75, 3.05) is 13.6 Å². The van der Waals surface area contributed by atoms with E-state index >= 15 is 0 Å². The molecule has 0 unspecified atom stereocenters. The lowest BCUT2D eigenvalue weighted by Crippen LogP contribution is -2.21. The summed E-state index contributed by atoms with van der Waals surface area (Å²) in [4.78, 5) is 14.2. The number of rotatable bonds is 6. The second-order valence-electron chi connectivity index (χ2n) is 4.61. The lowest BCUT2D eigenvalue weighted by Gasteiger charge is -2.14. The molecule has 0 saturated heterocycles. The summed E-state index contributed by atoms with van der Waals surface area (Å²) in [6, 6.07) is 9.09. The van der Waals surface area contributed by atoms with E-state index in [4.69, 9.17) is 16.0 Å². The van der Waals surface area contributed by atoms with Gasteiger partial charge in [-0.3, -0.25) is 9.69 Å². The predicted octanol–water partition coefficient (Wildman–Crippen LogP) is 4.40. The Balaban J connectivity index is 1.88. The minimum Gasteiger partial charge on any atom is -0.468 e. The summed E-state index contributed by atoms with van der Waals surface area (Å²) >= 11 is 9.40. The van der Waals surface area contributed by atoms with Gasteiger partial charge in [0.25, 0.3) is 0 Å². The van der Waals surface area contributed by atoms with Gasteiger partial charge in [-0.2, -0.15) is 0 Å². The third-order valence-corrected chi connectivity index (χ3v) is 3.76. The first-order chi connectivity index (χ1) is 9.56. The van der Waals surface area contributed by atoms with Gasteiger partial charge in [-0.05, 0) is 37.4 Å². The number of carbonyl (C=O) groups excluding carboxylic acids is 1. The molecule has 0 spiro atoms. The monoisotopic (exact) mass is 355 g/mol. The zero-order valence-electron chi connectivity index (χ0n) is 11.1. The van der Waals surface area contributed by atoms with Gasteiger partial charge in [-0.15, -0.1) is 0 Å². The molecular weight excluding hydrogens is 342 g/mol. The number of hydrogen-bond donors (Lipinski definition) is 0. The average molecular weight is 357 g/mol. The second kappa shape index (κ2) is 7.07. The predicted molar refractivity (Wildman–Crippen MR) is 83.1 cm³/mol. The highest BCUT2D eigenvalue weighted by atomic mass is 79.9. The van der Waals surface area contributed by atoms with E-state index in [1.165, 1.54) is 0 Å². The summed E-state index contributed by atoms with van der Waals surface area (Å²) < 4.78 is 6.14. The van der Waals surface area contributed by atoms with Crippen molar-refractivity contribution in [3.63, 3.8) is 0 Å². The quantitative estimate of drug-likeness (QED) is 0.719. The summed E-state index contributed by atoms with van der Waals surface area (Å²) in [5.41, 5.74) is 0.571. The molecule has 0 fully saturated rings. The van der Waals surface area contributed by atoms with E-state index in [9.17, 15) is 4.79 Å². The summed E-state index contributed by atoms with van der Waals surface area (Å²) in [6.07, 6.45) is 2.08. The Hall–Kier alpha value is -1.10. The van der Waals surface area contributed by atoms with Crippen LogP contribution in [0.1, 0.15) is 22.5 Å². The first-order valence-corrected chi connectivity index (χ1v) is 7.42. The van der Waals surface area contributed by atoms with Crippen molar-refractivity contribution in [1.82, 2.24) is 4.90 Å². The molecule has 106 valence electrons. The van der Waals surface area contributed by atoms with Crippen LogP contribution in [0.2, 0.25) is 5.02 Å². The zero-order valence-corrected chi connectivity index (χ0v) is 13.4. The second-order valence-corrected chi connectivity index (χ2v) is 5.94. The van der Waals surface area contributed by atoms with E-state index in [1.807, 2.05) is 30.1 Å². The topological polar surface area (TPSA) is 33.5 Å². The van der Waals surface area contributed by atoms with Gasteiger partial charge >= 0.3 is 0 Å². The number of nitrogens with zero attached hydrogens (tertiary/aromatic N) is 1. The van der Waals surface area contributed by atoms with E-state index < -0.39 is 0 Å². The van der Waals surface area contributed by atoms with Crippen LogP contribution in [-0.4, -0.2) is 24.3 Å². The van der Waals surface area contributed by atoms with Crippen LogP contribution in [0.15, 0.2) is 45.5 Å². The van der Waals surface area contributed by atoms with Crippen LogP contribution in [0.25, 0.3) is 0 Å². The lowest BCUT2D eigenvalue weighted by atomic mass is 10.1. The maximum atomic E-state index is 12.1. The molecule has 0 aliphatic carbocycles. The average Bonchev–Trinajstić information content (AvgIpc) is 2.89. The molecule has 0 aliphatic rings. The number of furan rings is 1. The van der Waals surface area contributed by atoms with Gasteiger partial charge in [0, 0.05) is 23.0 Å².